The highest BCUT2D eigenvalue weighted by molar-refractivity contribution is 7.92. The number of carbonyl (C=O) groups is 1. The second kappa shape index (κ2) is 11.0. The topological polar surface area (TPSA) is 84.9 Å². The summed E-state index contributed by atoms with van der Waals surface area (Å²) in [6, 6.07) is 19.9. The maximum absolute atomic E-state index is 13.7. The van der Waals surface area contributed by atoms with Crippen LogP contribution in [0.4, 0.5) is 5.69 Å². The largest absolute Gasteiger partial charge is 0.495 e. The number of hydrogen-bond acceptors (Lipinski definition) is 5. The first-order chi connectivity index (χ1) is 17.7. The van der Waals surface area contributed by atoms with Crippen LogP contribution >= 0.6 is 11.6 Å². The second-order valence-corrected chi connectivity index (χ2v) is 11.3. The molecule has 1 amide bonds. The number of sulfonamides is 1. The first kappa shape index (κ1) is 26.8. The Bertz CT molecular complexity index is 1360. The average molecular weight is 543 g/mol. The van der Waals surface area contributed by atoms with Crippen LogP contribution in [0.15, 0.2) is 77.7 Å². The minimum atomic E-state index is -4.07. The van der Waals surface area contributed by atoms with Gasteiger partial charge in [0.25, 0.3) is 10.0 Å². The first-order valence-corrected chi connectivity index (χ1v) is 14.0. The number of hydrogen-bond donors (Lipinski definition) is 1. The molecular formula is C28H31ClN2O5S. The van der Waals surface area contributed by atoms with E-state index in [0.717, 1.165) is 28.5 Å². The van der Waals surface area contributed by atoms with Crippen LogP contribution in [-0.4, -0.2) is 33.6 Å². The Balaban J connectivity index is 1.67. The standard InChI is InChI=1S/C28H31ClN2O5S/c1-4-28(5-2)18-24(22-13-9-10-14-25(22)36-28)30-27(32)19-31(20-15-16-26(35-3)23(29)17-20)37(33,34)21-11-7-6-8-12-21/h6-17,24H,4-5,18-19H2,1-3H3,(H,30,32). The Morgan fingerprint density at radius 1 is 1.08 bits per heavy atom. The molecule has 0 bridgehead atoms. The van der Waals surface area contributed by atoms with Crippen molar-refractivity contribution in [2.24, 2.45) is 0 Å². The minimum absolute atomic E-state index is 0.0714. The van der Waals surface area contributed by atoms with Crippen molar-refractivity contribution < 1.29 is 22.7 Å². The van der Waals surface area contributed by atoms with Crippen molar-refractivity contribution in [3.63, 3.8) is 0 Å². The van der Waals surface area contributed by atoms with Gasteiger partial charge in [-0.3, -0.25) is 9.10 Å². The highest BCUT2D eigenvalue weighted by Gasteiger charge is 2.39. The Hall–Kier alpha value is -3.23. The predicted molar refractivity (Wildman–Crippen MR) is 145 cm³/mol. The monoisotopic (exact) mass is 542 g/mol. The smallest absolute Gasteiger partial charge is 0.264 e. The lowest BCUT2D eigenvalue weighted by Crippen LogP contribution is -2.47. The molecule has 0 fully saturated rings. The van der Waals surface area contributed by atoms with Crippen molar-refractivity contribution in [3.05, 3.63) is 83.4 Å². The van der Waals surface area contributed by atoms with E-state index in [4.69, 9.17) is 21.1 Å². The Morgan fingerprint density at radius 3 is 2.41 bits per heavy atom. The van der Waals surface area contributed by atoms with Crippen LogP contribution < -0.4 is 19.1 Å². The van der Waals surface area contributed by atoms with Crippen molar-refractivity contribution >= 4 is 33.2 Å². The number of anilines is 1. The fourth-order valence-corrected chi connectivity index (χ4v) is 6.33. The summed E-state index contributed by atoms with van der Waals surface area (Å²) in [7, 11) is -2.59. The molecule has 37 heavy (non-hydrogen) atoms. The number of halogens is 1. The van der Waals surface area contributed by atoms with Gasteiger partial charge in [0.2, 0.25) is 5.91 Å². The maximum Gasteiger partial charge on any atom is 0.264 e. The Labute approximate surface area is 223 Å². The van der Waals surface area contributed by atoms with Gasteiger partial charge in [0.15, 0.2) is 0 Å². The van der Waals surface area contributed by atoms with E-state index < -0.39 is 28.1 Å². The van der Waals surface area contributed by atoms with Gasteiger partial charge in [0.1, 0.15) is 23.6 Å². The molecule has 0 spiro atoms. The van der Waals surface area contributed by atoms with E-state index in [1.165, 1.54) is 25.3 Å². The number of methoxy groups -OCH3 is 1. The fraction of sp³-hybridized carbons (Fsp3) is 0.321. The lowest BCUT2D eigenvalue weighted by atomic mass is 9.83. The van der Waals surface area contributed by atoms with Gasteiger partial charge < -0.3 is 14.8 Å². The van der Waals surface area contributed by atoms with Gasteiger partial charge >= 0.3 is 0 Å². The van der Waals surface area contributed by atoms with Crippen LogP contribution in [0.3, 0.4) is 0 Å². The molecule has 4 rings (SSSR count). The average Bonchev–Trinajstić information content (AvgIpc) is 2.92. The number of nitrogens with zero attached hydrogens (tertiary/aromatic N) is 1. The molecule has 7 nitrogen and oxygen atoms in total. The number of benzene rings is 3. The zero-order valence-electron chi connectivity index (χ0n) is 21.1. The van der Waals surface area contributed by atoms with Crippen LogP contribution in [0, 0.1) is 0 Å². The zero-order valence-corrected chi connectivity index (χ0v) is 22.7. The van der Waals surface area contributed by atoms with E-state index in [0.29, 0.717) is 12.2 Å². The summed E-state index contributed by atoms with van der Waals surface area (Å²) >= 11 is 6.32. The summed E-state index contributed by atoms with van der Waals surface area (Å²) in [6.07, 6.45) is 2.15. The molecule has 1 heterocycles. The van der Waals surface area contributed by atoms with Crippen LogP contribution in [-0.2, 0) is 14.8 Å². The summed E-state index contributed by atoms with van der Waals surface area (Å²) in [5.74, 6) is 0.703. The summed E-state index contributed by atoms with van der Waals surface area (Å²) < 4.78 is 40.0. The zero-order chi connectivity index (χ0) is 26.6. The van der Waals surface area contributed by atoms with Gasteiger partial charge in [0.05, 0.1) is 28.8 Å². The molecule has 1 atom stereocenters. The van der Waals surface area contributed by atoms with Crippen LogP contribution in [0.5, 0.6) is 11.5 Å². The molecule has 0 aromatic heterocycles. The Morgan fingerprint density at radius 2 is 1.76 bits per heavy atom. The number of carbonyl (C=O) groups excluding carboxylic acids is 1. The molecule has 1 unspecified atom stereocenters. The van der Waals surface area contributed by atoms with E-state index >= 15 is 0 Å². The fourth-order valence-electron chi connectivity index (χ4n) is 4.65. The maximum atomic E-state index is 13.7. The van der Waals surface area contributed by atoms with Gasteiger partial charge in [-0.2, -0.15) is 0 Å². The molecule has 1 aliphatic heterocycles. The van der Waals surface area contributed by atoms with Gasteiger partial charge in [-0.15, -0.1) is 0 Å². The highest BCUT2D eigenvalue weighted by atomic mass is 35.5. The molecular weight excluding hydrogens is 512 g/mol. The SMILES string of the molecule is CCC1(CC)CC(NC(=O)CN(c2ccc(OC)c(Cl)c2)S(=O)(=O)c2ccccc2)c2ccccc2O1. The van der Waals surface area contributed by atoms with E-state index in [1.54, 1.807) is 30.3 Å². The molecule has 0 aliphatic carbocycles. The van der Waals surface area contributed by atoms with Gasteiger partial charge in [-0.05, 0) is 49.2 Å². The quantitative estimate of drug-likeness (QED) is 0.372. The van der Waals surface area contributed by atoms with E-state index in [2.05, 4.69) is 19.2 Å². The van der Waals surface area contributed by atoms with Gasteiger partial charge in [0, 0.05) is 12.0 Å². The lowest BCUT2D eigenvalue weighted by molar-refractivity contribution is -0.121. The van der Waals surface area contributed by atoms with Gasteiger partial charge in [-0.1, -0.05) is 61.8 Å². The van der Waals surface area contributed by atoms with Crippen LogP contribution in [0.1, 0.15) is 44.7 Å². The summed E-state index contributed by atoms with van der Waals surface area (Å²) in [5, 5.41) is 3.32. The number of fused-ring (bicyclic) bond motifs is 1. The molecule has 1 N–H and O–H groups in total. The third-order valence-corrected chi connectivity index (χ3v) is 8.95. The molecule has 0 saturated carbocycles. The number of ether oxygens (including phenoxy) is 2. The summed E-state index contributed by atoms with van der Waals surface area (Å²) in [4.78, 5) is 13.5. The van der Waals surface area contributed by atoms with Crippen molar-refractivity contribution in [2.75, 3.05) is 18.0 Å². The van der Waals surface area contributed by atoms with Crippen molar-refractivity contribution in [3.8, 4) is 11.5 Å². The number of rotatable bonds is 9. The predicted octanol–water partition coefficient (Wildman–Crippen LogP) is 5.74. The third kappa shape index (κ3) is 5.55. The first-order valence-electron chi connectivity index (χ1n) is 12.2. The van der Waals surface area contributed by atoms with Crippen molar-refractivity contribution in [1.29, 1.82) is 0 Å². The molecule has 0 saturated heterocycles. The Kier molecular flexibility index (Phi) is 7.99. The lowest BCUT2D eigenvalue weighted by Gasteiger charge is -2.41. The number of nitrogens with one attached hydrogen (secondary N) is 1. The summed E-state index contributed by atoms with van der Waals surface area (Å²) in [6.45, 7) is 3.71. The van der Waals surface area contributed by atoms with E-state index in [-0.39, 0.29) is 21.6 Å². The molecule has 3 aromatic rings. The number of amides is 1. The molecule has 196 valence electrons. The van der Waals surface area contributed by atoms with Crippen molar-refractivity contribution in [2.45, 2.75) is 49.6 Å². The van der Waals surface area contributed by atoms with Crippen LogP contribution in [0.2, 0.25) is 5.02 Å². The normalized spacial score (nSPS) is 16.3. The summed E-state index contributed by atoms with van der Waals surface area (Å²) in [5.41, 5.74) is 0.720. The third-order valence-electron chi connectivity index (χ3n) is 6.86. The van der Waals surface area contributed by atoms with Gasteiger partial charge in [-0.25, -0.2) is 8.42 Å². The molecule has 0 radical (unpaired) electrons. The van der Waals surface area contributed by atoms with E-state index in [9.17, 15) is 13.2 Å². The molecule has 1 aliphatic rings. The number of para-hydroxylation sites is 1. The van der Waals surface area contributed by atoms with Crippen molar-refractivity contribution in [1.82, 2.24) is 5.32 Å². The van der Waals surface area contributed by atoms with Crippen LogP contribution in [0.25, 0.3) is 0 Å². The van der Waals surface area contributed by atoms with E-state index in [1.807, 2.05) is 24.3 Å². The molecule has 9 heteroatoms. The second-order valence-electron chi connectivity index (χ2n) is 9.00. The molecule has 3 aromatic carbocycles. The highest BCUT2D eigenvalue weighted by Crippen LogP contribution is 2.42. The minimum Gasteiger partial charge on any atom is -0.495 e.